The number of amides is 2. The van der Waals surface area contributed by atoms with Gasteiger partial charge in [-0.1, -0.05) is 19.8 Å². The summed E-state index contributed by atoms with van der Waals surface area (Å²) in [6.45, 7) is 5.63. The van der Waals surface area contributed by atoms with Crippen LogP contribution in [0.4, 0.5) is 4.79 Å². The Labute approximate surface area is 127 Å². The van der Waals surface area contributed by atoms with Gasteiger partial charge >= 0.3 is 12.0 Å². The zero-order chi connectivity index (χ0) is 15.5. The van der Waals surface area contributed by atoms with Crippen molar-refractivity contribution in [2.75, 3.05) is 19.6 Å². The molecular formula is C16H28N2O3. The molecule has 1 saturated heterocycles. The van der Waals surface area contributed by atoms with Gasteiger partial charge in [-0.25, -0.2) is 4.79 Å². The Morgan fingerprint density at radius 1 is 1.19 bits per heavy atom. The summed E-state index contributed by atoms with van der Waals surface area (Å²) in [5.74, 6) is -0.805. The monoisotopic (exact) mass is 296 g/mol. The third-order valence-corrected chi connectivity index (χ3v) is 5.53. The zero-order valence-electron chi connectivity index (χ0n) is 13.3. The van der Waals surface area contributed by atoms with Gasteiger partial charge in [-0.05, 0) is 44.4 Å². The lowest BCUT2D eigenvalue weighted by atomic mass is 9.82. The highest BCUT2D eigenvalue weighted by atomic mass is 16.4. The van der Waals surface area contributed by atoms with Crippen molar-refractivity contribution < 1.29 is 14.7 Å². The van der Waals surface area contributed by atoms with Gasteiger partial charge in [-0.15, -0.1) is 0 Å². The summed E-state index contributed by atoms with van der Waals surface area (Å²) in [5.41, 5.74) is -0.535. The number of carbonyl (C=O) groups is 2. The van der Waals surface area contributed by atoms with Crippen molar-refractivity contribution in [1.82, 2.24) is 10.2 Å². The highest BCUT2D eigenvalue weighted by Gasteiger charge is 2.40. The number of nitrogens with zero attached hydrogens (tertiary/aromatic N) is 1. The van der Waals surface area contributed by atoms with Crippen LogP contribution in [0.1, 0.15) is 58.8 Å². The second-order valence-corrected chi connectivity index (χ2v) is 7.11. The SMILES string of the molecule is CCC1(CNC(=O)N2CCCC(C)(C(=O)O)C2)CCCC1. The minimum atomic E-state index is -0.805. The second-order valence-electron chi connectivity index (χ2n) is 7.11. The van der Waals surface area contributed by atoms with Crippen LogP contribution >= 0.6 is 0 Å². The normalized spacial score (nSPS) is 28.4. The first-order valence-electron chi connectivity index (χ1n) is 8.17. The predicted molar refractivity (Wildman–Crippen MR) is 81.1 cm³/mol. The summed E-state index contributed by atoms with van der Waals surface area (Å²) < 4.78 is 0. The number of urea groups is 1. The molecule has 5 heteroatoms. The molecular weight excluding hydrogens is 268 g/mol. The topological polar surface area (TPSA) is 69.6 Å². The molecule has 2 aliphatic rings. The fourth-order valence-electron chi connectivity index (χ4n) is 3.74. The molecule has 120 valence electrons. The molecule has 2 amide bonds. The minimum absolute atomic E-state index is 0.0955. The summed E-state index contributed by atoms with van der Waals surface area (Å²) in [4.78, 5) is 25.4. The van der Waals surface area contributed by atoms with E-state index >= 15 is 0 Å². The van der Waals surface area contributed by atoms with Crippen molar-refractivity contribution in [1.29, 1.82) is 0 Å². The zero-order valence-corrected chi connectivity index (χ0v) is 13.3. The molecule has 1 heterocycles. The molecule has 1 aliphatic carbocycles. The van der Waals surface area contributed by atoms with Crippen LogP contribution in [0.3, 0.4) is 0 Å². The Bertz CT molecular complexity index is 404. The maximum absolute atomic E-state index is 12.3. The van der Waals surface area contributed by atoms with Gasteiger partial charge in [-0.2, -0.15) is 0 Å². The molecule has 1 atom stereocenters. The first-order valence-corrected chi connectivity index (χ1v) is 8.17. The van der Waals surface area contributed by atoms with E-state index in [-0.39, 0.29) is 11.4 Å². The average molecular weight is 296 g/mol. The van der Waals surface area contributed by atoms with Crippen LogP contribution in [0.15, 0.2) is 0 Å². The van der Waals surface area contributed by atoms with Crippen LogP contribution in [-0.4, -0.2) is 41.6 Å². The van der Waals surface area contributed by atoms with Crippen molar-refractivity contribution in [3.63, 3.8) is 0 Å². The Kier molecular flexibility index (Phi) is 4.79. The van der Waals surface area contributed by atoms with E-state index in [1.54, 1.807) is 11.8 Å². The van der Waals surface area contributed by atoms with E-state index in [2.05, 4.69) is 12.2 Å². The summed E-state index contributed by atoms with van der Waals surface area (Å²) in [5, 5.41) is 12.4. The number of aliphatic carboxylic acids is 1. The smallest absolute Gasteiger partial charge is 0.317 e. The Morgan fingerprint density at radius 3 is 2.43 bits per heavy atom. The van der Waals surface area contributed by atoms with E-state index in [4.69, 9.17) is 0 Å². The van der Waals surface area contributed by atoms with Crippen molar-refractivity contribution in [2.24, 2.45) is 10.8 Å². The van der Waals surface area contributed by atoms with Crippen LogP contribution in [0.2, 0.25) is 0 Å². The van der Waals surface area contributed by atoms with Crippen molar-refractivity contribution in [3.8, 4) is 0 Å². The molecule has 1 unspecified atom stereocenters. The molecule has 0 bridgehead atoms. The minimum Gasteiger partial charge on any atom is -0.481 e. The molecule has 2 N–H and O–H groups in total. The third kappa shape index (κ3) is 3.50. The Morgan fingerprint density at radius 2 is 1.86 bits per heavy atom. The lowest BCUT2D eigenvalue weighted by Crippen LogP contribution is -2.52. The van der Waals surface area contributed by atoms with Crippen molar-refractivity contribution >= 4 is 12.0 Å². The largest absolute Gasteiger partial charge is 0.481 e. The number of hydrogen-bond acceptors (Lipinski definition) is 2. The molecule has 0 aromatic rings. The fourth-order valence-corrected chi connectivity index (χ4v) is 3.74. The van der Waals surface area contributed by atoms with Gasteiger partial charge in [0.2, 0.25) is 0 Å². The first-order chi connectivity index (χ1) is 9.91. The molecule has 2 fully saturated rings. The number of nitrogens with one attached hydrogen (secondary N) is 1. The Hall–Kier alpha value is -1.26. The average Bonchev–Trinajstić information content (AvgIpc) is 2.94. The van der Waals surface area contributed by atoms with E-state index in [1.807, 2.05) is 0 Å². The van der Waals surface area contributed by atoms with E-state index in [0.29, 0.717) is 19.5 Å². The first kappa shape index (κ1) is 16.1. The van der Waals surface area contributed by atoms with Crippen LogP contribution < -0.4 is 5.32 Å². The summed E-state index contributed by atoms with van der Waals surface area (Å²) in [6.07, 6.45) is 7.39. The van der Waals surface area contributed by atoms with Gasteiger partial charge < -0.3 is 15.3 Å². The van der Waals surface area contributed by atoms with Crippen LogP contribution in [-0.2, 0) is 4.79 Å². The van der Waals surface area contributed by atoms with Gasteiger partial charge in [0.15, 0.2) is 0 Å². The van der Waals surface area contributed by atoms with Gasteiger partial charge in [0.05, 0.1) is 5.41 Å². The number of rotatable bonds is 4. The van der Waals surface area contributed by atoms with E-state index in [9.17, 15) is 14.7 Å². The van der Waals surface area contributed by atoms with Gasteiger partial charge in [0, 0.05) is 19.6 Å². The number of piperidine rings is 1. The van der Waals surface area contributed by atoms with Crippen molar-refractivity contribution in [2.45, 2.75) is 58.8 Å². The van der Waals surface area contributed by atoms with Crippen LogP contribution in [0.5, 0.6) is 0 Å². The van der Waals surface area contributed by atoms with E-state index in [1.165, 1.54) is 25.7 Å². The molecule has 0 radical (unpaired) electrons. The summed E-state index contributed by atoms with van der Waals surface area (Å²) >= 11 is 0. The summed E-state index contributed by atoms with van der Waals surface area (Å²) in [7, 11) is 0. The molecule has 5 nitrogen and oxygen atoms in total. The highest BCUT2D eigenvalue weighted by molar-refractivity contribution is 5.78. The molecule has 2 rings (SSSR count). The lowest BCUT2D eigenvalue weighted by Gasteiger charge is -2.38. The molecule has 1 aliphatic heterocycles. The number of likely N-dealkylation sites (tertiary alicyclic amines) is 1. The molecule has 21 heavy (non-hydrogen) atoms. The Balaban J connectivity index is 1.89. The van der Waals surface area contributed by atoms with E-state index in [0.717, 1.165) is 19.4 Å². The lowest BCUT2D eigenvalue weighted by molar-refractivity contribution is -0.150. The summed E-state index contributed by atoms with van der Waals surface area (Å²) in [6, 6.07) is -0.0955. The van der Waals surface area contributed by atoms with Gasteiger partial charge in [-0.3, -0.25) is 4.79 Å². The number of carbonyl (C=O) groups excluding carboxylic acids is 1. The predicted octanol–water partition coefficient (Wildman–Crippen LogP) is 2.85. The standard InChI is InChI=1S/C16H28N2O3/c1-3-16(8-4-5-9-16)11-17-14(21)18-10-6-7-15(2,12-18)13(19)20/h3-12H2,1-2H3,(H,17,21)(H,19,20). The number of carboxylic acids is 1. The highest BCUT2D eigenvalue weighted by Crippen LogP contribution is 2.40. The quantitative estimate of drug-likeness (QED) is 0.838. The third-order valence-electron chi connectivity index (χ3n) is 5.53. The molecule has 0 spiro atoms. The van der Waals surface area contributed by atoms with Gasteiger partial charge in [0.1, 0.15) is 0 Å². The maximum Gasteiger partial charge on any atom is 0.317 e. The van der Waals surface area contributed by atoms with Crippen LogP contribution in [0, 0.1) is 10.8 Å². The van der Waals surface area contributed by atoms with Crippen LogP contribution in [0.25, 0.3) is 0 Å². The fraction of sp³-hybridized carbons (Fsp3) is 0.875. The molecule has 0 aromatic carbocycles. The second kappa shape index (κ2) is 6.24. The van der Waals surface area contributed by atoms with Crippen molar-refractivity contribution in [3.05, 3.63) is 0 Å². The van der Waals surface area contributed by atoms with E-state index < -0.39 is 11.4 Å². The number of carboxylic acid groups (broad SMARTS) is 1. The van der Waals surface area contributed by atoms with Gasteiger partial charge in [0.25, 0.3) is 0 Å². The maximum atomic E-state index is 12.3. The number of hydrogen-bond donors (Lipinski definition) is 2. The molecule has 1 saturated carbocycles. The molecule has 0 aromatic heterocycles.